The number of amides is 1. The number of aryl methyl sites for hydroxylation is 1. The van der Waals surface area contributed by atoms with Gasteiger partial charge in [-0.1, -0.05) is 48.7 Å². The van der Waals surface area contributed by atoms with Crippen LogP contribution in [0.25, 0.3) is 5.57 Å². The first-order valence-corrected chi connectivity index (χ1v) is 15.1. The molecule has 0 spiro atoms. The number of ether oxygens (including phenoxy) is 1. The lowest BCUT2D eigenvalue weighted by molar-refractivity contribution is -0.126. The molecule has 3 aliphatic carbocycles. The predicted octanol–water partition coefficient (Wildman–Crippen LogP) is 5.91. The Morgan fingerprint density at radius 1 is 1.24 bits per heavy atom. The van der Waals surface area contributed by atoms with Gasteiger partial charge in [0.05, 0.1) is 24.4 Å². The molecule has 1 heterocycles. The maximum atomic E-state index is 13.4. The first kappa shape index (κ1) is 29.6. The van der Waals surface area contributed by atoms with E-state index in [2.05, 4.69) is 64.7 Å². The van der Waals surface area contributed by atoms with E-state index >= 15 is 0 Å². The van der Waals surface area contributed by atoms with Gasteiger partial charge in [-0.2, -0.15) is 0 Å². The number of nitrogens with two attached hydrogens (primary N) is 1. The van der Waals surface area contributed by atoms with Crippen molar-refractivity contribution in [2.75, 3.05) is 7.11 Å². The molecule has 3 N–H and O–H groups in total. The number of hydrogen-bond acceptors (Lipinski definition) is 5. The van der Waals surface area contributed by atoms with Crippen LogP contribution in [0.3, 0.4) is 0 Å². The summed E-state index contributed by atoms with van der Waals surface area (Å²) in [6, 6.07) is 8.22. The summed E-state index contributed by atoms with van der Waals surface area (Å²) >= 11 is 0. The minimum Gasteiger partial charge on any atom is -0.501 e. The van der Waals surface area contributed by atoms with Crippen molar-refractivity contribution in [1.82, 2.24) is 20.1 Å². The van der Waals surface area contributed by atoms with Gasteiger partial charge < -0.3 is 20.4 Å². The summed E-state index contributed by atoms with van der Waals surface area (Å²) in [6.07, 6.45) is 16.6. The zero-order valence-corrected chi connectivity index (χ0v) is 25.3. The number of carbonyl (C=O) groups excluding carboxylic acids is 1. The lowest BCUT2D eigenvalue weighted by atomic mass is 9.83. The molecule has 2 aromatic rings. The lowest BCUT2D eigenvalue weighted by Gasteiger charge is -2.30. The van der Waals surface area contributed by atoms with Crippen molar-refractivity contribution in [2.24, 2.45) is 17.6 Å². The first-order valence-electron chi connectivity index (χ1n) is 15.1. The largest absolute Gasteiger partial charge is 0.501 e. The van der Waals surface area contributed by atoms with Crippen molar-refractivity contribution < 1.29 is 9.53 Å². The van der Waals surface area contributed by atoms with E-state index in [0.29, 0.717) is 24.7 Å². The number of nitrogens with one attached hydrogen (secondary N) is 1. The number of hydrogen-bond donors (Lipinski definition) is 2. The zero-order valence-electron chi connectivity index (χ0n) is 25.3. The lowest BCUT2D eigenvalue weighted by Crippen LogP contribution is -2.50. The summed E-state index contributed by atoms with van der Waals surface area (Å²) in [5.41, 5.74) is 16.2. The molecule has 0 saturated carbocycles. The zero-order chi connectivity index (χ0) is 29.7. The number of carbonyl (C=O) groups is 1. The average molecular weight is 566 g/mol. The van der Waals surface area contributed by atoms with Crippen LogP contribution in [0.1, 0.15) is 81.7 Å². The quantitative estimate of drug-likeness (QED) is 0.350. The molecule has 3 atom stereocenters. The molecule has 0 saturated heterocycles. The fourth-order valence-corrected chi connectivity index (χ4v) is 6.04. The standard InChI is InChI=1S/C35H43N5O2/c1-24-20-29(42-4)19-18-28(24)23-40-32(21-25-12-6-5-7-13-25)38-39-33(40)31(37-34(41)35(2,3)36)22-27-16-9-8-14-26-15-10-11-17-30(26)27/h6,10-13,15-17,19,24,28,31H,8-9,14,18,20-23,36H2,1-4H3,(H,37,41)/t24?,28?,31-/m1/s1. The van der Waals surface area contributed by atoms with Crippen LogP contribution in [-0.4, -0.2) is 33.3 Å². The SMILES string of the molecule is COC1=CCC(Cn2c(CC3=CC=C=C=C3)nnc2[C@@H](CC2=CCCCc3ccccc32)NC(=O)C(C)(C)N)C(C)C1. The van der Waals surface area contributed by atoms with E-state index in [1.807, 2.05) is 18.2 Å². The molecule has 220 valence electrons. The maximum Gasteiger partial charge on any atom is 0.240 e. The van der Waals surface area contributed by atoms with E-state index in [1.54, 1.807) is 21.0 Å². The minimum absolute atomic E-state index is 0.210. The van der Waals surface area contributed by atoms with Gasteiger partial charge in [0.15, 0.2) is 5.82 Å². The predicted molar refractivity (Wildman–Crippen MR) is 166 cm³/mol. The first-order chi connectivity index (χ1) is 20.2. The molecule has 3 aliphatic rings. The third kappa shape index (κ3) is 6.94. The van der Waals surface area contributed by atoms with Crippen molar-refractivity contribution in [3.63, 3.8) is 0 Å². The Morgan fingerprint density at radius 3 is 2.81 bits per heavy atom. The van der Waals surface area contributed by atoms with Crippen LogP contribution in [0.2, 0.25) is 0 Å². The number of allylic oxidation sites excluding steroid dienone is 7. The van der Waals surface area contributed by atoms with Gasteiger partial charge in [0.1, 0.15) is 5.82 Å². The minimum atomic E-state index is -1.03. The van der Waals surface area contributed by atoms with Gasteiger partial charge >= 0.3 is 0 Å². The highest BCUT2D eigenvalue weighted by Crippen LogP contribution is 2.35. The molecular weight excluding hydrogens is 522 g/mol. The van der Waals surface area contributed by atoms with Crippen molar-refractivity contribution in [1.29, 1.82) is 0 Å². The van der Waals surface area contributed by atoms with Crippen LogP contribution in [0.5, 0.6) is 0 Å². The molecule has 7 heteroatoms. The van der Waals surface area contributed by atoms with Gasteiger partial charge in [-0.25, -0.2) is 0 Å². The normalized spacial score (nSPS) is 20.6. The van der Waals surface area contributed by atoms with E-state index in [1.165, 1.54) is 16.7 Å². The van der Waals surface area contributed by atoms with Gasteiger partial charge in [-0.05, 0) is 97.9 Å². The van der Waals surface area contributed by atoms with Gasteiger partial charge in [0.25, 0.3) is 0 Å². The highest BCUT2D eigenvalue weighted by atomic mass is 16.5. The topological polar surface area (TPSA) is 95.1 Å². The van der Waals surface area contributed by atoms with Crippen LogP contribution in [0, 0.1) is 11.8 Å². The maximum absolute atomic E-state index is 13.4. The summed E-state index contributed by atoms with van der Waals surface area (Å²) in [4.78, 5) is 13.4. The molecule has 1 aromatic carbocycles. The number of rotatable bonds is 10. The third-order valence-corrected chi connectivity index (χ3v) is 8.63. The van der Waals surface area contributed by atoms with Gasteiger partial charge in [0, 0.05) is 25.8 Å². The van der Waals surface area contributed by atoms with Crippen LogP contribution in [0.4, 0.5) is 0 Å². The van der Waals surface area contributed by atoms with Crippen molar-refractivity contribution in [2.45, 2.75) is 83.8 Å². The Balaban J connectivity index is 1.54. The molecule has 5 rings (SSSR count). The highest BCUT2D eigenvalue weighted by molar-refractivity contribution is 5.85. The Labute approximate surface area is 249 Å². The second-order valence-corrected chi connectivity index (χ2v) is 12.4. The second-order valence-electron chi connectivity index (χ2n) is 12.4. The molecule has 1 amide bonds. The molecular formula is C35H43N5O2. The second kappa shape index (κ2) is 13.0. The van der Waals surface area contributed by atoms with E-state index < -0.39 is 11.6 Å². The molecule has 0 aliphatic heterocycles. The Bertz CT molecular complexity index is 1510. The number of methoxy groups -OCH3 is 1. The summed E-state index contributed by atoms with van der Waals surface area (Å²) in [5, 5.41) is 12.8. The monoisotopic (exact) mass is 565 g/mol. The van der Waals surface area contributed by atoms with E-state index in [9.17, 15) is 4.79 Å². The fraction of sp³-hybridized carbons (Fsp3) is 0.457. The Hall–Kier alpha value is -3.89. The van der Waals surface area contributed by atoms with Crippen LogP contribution in [0.15, 0.2) is 77.4 Å². The summed E-state index contributed by atoms with van der Waals surface area (Å²) in [5.74, 6) is 3.30. The molecule has 0 fully saturated rings. The van der Waals surface area contributed by atoms with Crippen LogP contribution >= 0.6 is 0 Å². The molecule has 7 nitrogen and oxygen atoms in total. The Kier molecular flexibility index (Phi) is 9.13. The number of nitrogens with zero attached hydrogens (tertiary/aromatic N) is 3. The third-order valence-electron chi connectivity index (χ3n) is 8.63. The van der Waals surface area contributed by atoms with E-state index in [4.69, 9.17) is 20.7 Å². The van der Waals surface area contributed by atoms with E-state index in [-0.39, 0.29) is 5.91 Å². The van der Waals surface area contributed by atoms with Gasteiger partial charge in [0.2, 0.25) is 5.91 Å². The number of fused-ring (bicyclic) bond motifs is 1. The summed E-state index contributed by atoms with van der Waals surface area (Å²) in [7, 11) is 1.75. The smallest absolute Gasteiger partial charge is 0.240 e. The molecule has 1 aromatic heterocycles. The van der Waals surface area contributed by atoms with E-state index in [0.717, 1.165) is 61.6 Å². The molecule has 0 bridgehead atoms. The highest BCUT2D eigenvalue weighted by Gasteiger charge is 2.32. The summed E-state index contributed by atoms with van der Waals surface area (Å²) in [6.45, 7) is 6.51. The van der Waals surface area contributed by atoms with Crippen molar-refractivity contribution >= 4 is 11.5 Å². The number of benzene rings is 1. The fourth-order valence-electron chi connectivity index (χ4n) is 6.04. The van der Waals surface area contributed by atoms with Crippen molar-refractivity contribution in [3.8, 4) is 0 Å². The number of aromatic nitrogens is 3. The average Bonchev–Trinajstić information content (AvgIpc) is 3.24. The molecule has 2 unspecified atom stereocenters. The van der Waals surface area contributed by atoms with Crippen molar-refractivity contribution in [3.05, 3.63) is 100 Å². The summed E-state index contributed by atoms with van der Waals surface area (Å²) < 4.78 is 7.82. The van der Waals surface area contributed by atoms with Gasteiger partial charge in [-0.3, -0.25) is 4.79 Å². The molecule has 0 radical (unpaired) electrons. The van der Waals surface area contributed by atoms with Crippen LogP contribution in [-0.2, 0) is 28.9 Å². The molecule has 42 heavy (non-hydrogen) atoms. The van der Waals surface area contributed by atoms with Gasteiger partial charge in [-0.15, -0.1) is 10.2 Å². The van der Waals surface area contributed by atoms with Crippen LogP contribution < -0.4 is 11.1 Å². The Morgan fingerprint density at radius 2 is 2.07 bits per heavy atom.